The van der Waals surface area contributed by atoms with Crippen molar-refractivity contribution in [2.24, 2.45) is 7.05 Å². The number of amides is 1. The van der Waals surface area contributed by atoms with Gasteiger partial charge in [-0.1, -0.05) is 43.2 Å². The van der Waals surface area contributed by atoms with Crippen molar-refractivity contribution in [3.05, 3.63) is 36.7 Å². The molecule has 0 radical (unpaired) electrons. The molecule has 2 aromatic rings. The molecule has 7 nitrogen and oxygen atoms in total. The standard InChI is InChI=1S/C19H26N4O3S2/c1-22-13-12-20-19(22)27-14-18(24)21-16-10-6-7-11-17(16)28(25,26)23(2)15-8-4-3-5-9-15/h6-7,10-13,15H,3-5,8-9,14H2,1-2H3,(H,21,24). The molecule has 0 aliphatic heterocycles. The van der Waals surface area contributed by atoms with Gasteiger partial charge in [-0.3, -0.25) is 4.79 Å². The number of hydrogen-bond donors (Lipinski definition) is 1. The molecule has 0 bridgehead atoms. The van der Waals surface area contributed by atoms with Crippen molar-refractivity contribution < 1.29 is 13.2 Å². The zero-order valence-electron chi connectivity index (χ0n) is 16.2. The van der Waals surface area contributed by atoms with Crippen LogP contribution >= 0.6 is 11.8 Å². The predicted octanol–water partition coefficient (Wildman–Crippen LogP) is 3.10. The Balaban J connectivity index is 1.72. The van der Waals surface area contributed by atoms with Gasteiger partial charge in [0, 0.05) is 32.5 Å². The molecule has 1 aromatic carbocycles. The van der Waals surface area contributed by atoms with Gasteiger partial charge in [-0.25, -0.2) is 13.4 Å². The van der Waals surface area contributed by atoms with E-state index in [-0.39, 0.29) is 22.6 Å². The zero-order chi connectivity index (χ0) is 20.1. The molecule has 152 valence electrons. The molecule has 28 heavy (non-hydrogen) atoms. The van der Waals surface area contributed by atoms with E-state index in [1.807, 2.05) is 17.8 Å². The van der Waals surface area contributed by atoms with Crippen LogP contribution in [0.4, 0.5) is 5.69 Å². The highest BCUT2D eigenvalue weighted by molar-refractivity contribution is 7.99. The summed E-state index contributed by atoms with van der Waals surface area (Å²) in [5, 5.41) is 3.48. The number of carbonyl (C=O) groups excluding carboxylic acids is 1. The van der Waals surface area contributed by atoms with E-state index in [0.717, 1.165) is 37.3 Å². The van der Waals surface area contributed by atoms with Crippen molar-refractivity contribution >= 4 is 33.4 Å². The summed E-state index contributed by atoms with van der Waals surface area (Å²) >= 11 is 1.30. The molecule has 1 amide bonds. The minimum Gasteiger partial charge on any atom is -0.329 e. The monoisotopic (exact) mass is 422 g/mol. The number of nitrogens with zero attached hydrogens (tertiary/aromatic N) is 3. The van der Waals surface area contributed by atoms with E-state index in [2.05, 4.69) is 10.3 Å². The number of carbonyl (C=O) groups is 1. The highest BCUT2D eigenvalue weighted by Gasteiger charge is 2.30. The van der Waals surface area contributed by atoms with Crippen molar-refractivity contribution in [1.29, 1.82) is 0 Å². The molecule has 1 saturated carbocycles. The lowest BCUT2D eigenvalue weighted by Gasteiger charge is -2.30. The van der Waals surface area contributed by atoms with Gasteiger partial charge in [0.05, 0.1) is 11.4 Å². The molecule has 0 unspecified atom stereocenters. The van der Waals surface area contributed by atoms with Gasteiger partial charge >= 0.3 is 0 Å². The average Bonchev–Trinajstić information content (AvgIpc) is 3.11. The van der Waals surface area contributed by atoms with Crippen LogP contribution in [0.25, 0.3) is 0 Å². The number of sulfonamides is 1. The minimum atomic E-state index is -3.68. The Bertz CT molecular complexity index is 921. The Morgan fingerprint density at radius 1 is 1.29 bits per heavy atom. The molecule has 1 heterocycles. The lowest BCUT2D eigenvalue weighted by atomic mass is 9.96. The smallest absolute Gasteiger partial charge is 0.245 e. The van der Waals surface area contributed by atoms with Gasteiger partial charge in [0.15, 0.2) is 5.16 Å². The second-order valence-electron chi connectivity index (χ2n) is 6.97. The summed E-state index contributed by atoms with van der Waals surface area (Å²) < 4.78 is 29.7. The summed E-state index contributed by atoms with van der Waals surface area (Å²) in [4.78, 5) is 16.7. The third-order valence-electron chi connectivity index (χ3n) is 5.02. The molecular formula is C19H26N4O3S2. The molecule has 1 aromatic heterocycles. The van der Waals surface area contributed by atoms with Crippen LogP contribution < -0.4 is 5.32 Å². The molecule has 1 fully saturated rings. The highest BCUT2D eigenvalue weighted by Crippen LogP contribution is 2.30. The Morgan fingerprint density at radius 3 is 2.68 bits per heavy atom. The molecular weight excluding hydrogens is 396 g/mol. The van der Waals surface area contributed by atoms with Gasteiger partial charge in [-0.2, -0.15) is 4.31 Å². The van der Waals surface area contributed by atoms with Gasteiger partial charge in [-0.15, -0.1) is 0 Å². The molecule has 1 aliphatic carbocycles. The number of hydrogen-bond acceptors (Lipinski definition) is 5. The Labute approximate surface area is 170 Å². The number of imidazole rings is 1. The van der Waals surface area contributed by atoms with Gasteiger partial charge in [0.25, 0.3) is 0 Å². The summed E-state index contributed by atoms with van der Waals surface area (Å²) in [5.41, 5.74) is 0.315. The zero-order valence-corrected chi connectivity index (χ0v) is 17.8. The van der Waals surface area contributed by atoms with E-state index in [1.54, 1.807) is 37.5 Å². The maximum Gasteiger partial charge on any atom is 0.245 e. The molecule has 1 aliphatic rings. The molecule has 1 N–H and O–H groups in total. The number of nitrogens with one attached hydrogen (secondary N) is 1. The van der Waals surface area contributed by atoms with Crippen molar-refractivity contribution in [1.82, 2.24) is 13.9 Å². The van der Waals surface area contributed by atoms with Crippen LogP contribution in [0.2, 0.25) is 0 Å². The van der Waals surface area contributed by atoms with E-state index in [4.69, 9.17) is 0 Å². The van der Waals surface area contributed by atoms with Crippen LogP contribution in [0, 0.1) is 0 Å². The number of anilines is 1. The SMILES string of the molecule is CN(C1CCCCC1)S(=O)(=O)c1ccccc1NC(=O)CSc1nccn1C. The summed E-state index contributed by atoms with van der Waals surface area (Å²) in [7, 11) is -0.187. The van der Waals surface area contributed by atoms with Crippen molar-refractivity contribution in [2.75, 3.05) is 18.1 Å². The highest BCUT2D eigenvalue weighted by atomic mass is 32.2. The number of benzene rings is 1. The van der Waals surface area contributed by atoms with E-state index in [9.17, 15) is 13.2 Å². The second kappa shape index (κ2) is 9.11. The predicted molar refractivity (Wildman–Crippen MR) is 111 cm³/mol. The van der Waals surface area contributed by atoms with E-state index < -0.39 is 10.0 Å². The molecule has 0 saturated heterocycles. The number of thioether (sulfide) groups is 1. The Morgan fingerprint density at radius 2 is 2.00 bits per heavy atom. The lowest BCUT2D eigenvalue weighted by molar-refractivity contribution is -0.113. The fourth-order valence-corrected chi connectivity index (χ4v) is 5.69. The molecule has 9 heteroatoms. The van der Waals surface area contributed by atoms with Crippen LogP contribution in [-0.4, -0.2) is 47.0 Å². The van der Waals surface area contributed by atoms with Gasteiger partial charge in [0.1, 0.15) is 4.90 Å². The Kier molecular flexibility index (Phi) is 6.79. The molecule has 0 atom stereocenters. The van der Waals surface area contributed by atoms with Crippen molar-refractivity contribution in [2.45, 2.75) is 48.2 Å². The van der Waals surface area contributed by atoms with Crippen molar-refractivity contribution in [3.8, 4) is 0 Å². The summed E-state index contributed by atoms with van der Waals surface area (Å²) in [5.74, 6) is -0.117. The third kappa shape index (κ3) is 4.76. The van der Waals surface area contributed by atoms with E-state index >= 15 is 0 Å². The normalized spacial score (nSPS) is 15.7. The van der Waals surface area contributed by atoms with E-state index in [1.165, 1.54) is 16.1 Å². The number of para-hydroxylation sites is 1. The second-order valence-corrected chi connectivity index (χ2v) is 9.88. The van der Waals surface area contributed by atoms with Gasteiger partial charge in [-0.05, 0) is 25.0 Å². The quantitative estimate of drug-likeness (QED) is 0.693. The van der Waals surface area contributed by atoms with Crippen LogP contribution in [0.5, 0.6) is 0 Å². The topological polar surface area (TPSA) is 84.3 Å². The molecule has 3 rings (SSSR count). The molecule has 0 spiro atoms. The summed E-state index contributed by atoms with van der Waals surface area (Å²) in [6, 6.07) is 6.60. The third-order valence-corrected chi connectivity index (χ3v) is 8.04. The van der Waals surface area contributed by atoms with Gasteiger partial charge in [0.2, 0.25) is 15.9 Å². The van der Waals surface area contributed by atoms with Gasteiger partial charge < -0.3 is 9.88 Å². The maximum atomic E-state index is 13.2. The number of aryl methyl sites for hydroxylation is 1. The Hall–Kier alpha value is -1.84. The first kappa shape index (κ1) is 20.9. The first-order valence-corrected chi connectivity index (χ1v) is 11.8. The lowest BCUT2D eigenvalue weighted by Crippen LogP contribution is -2.38. The number of aromatic nitrogens is 2. The average molecular weight is 423 g/mol. The fraction of sp³-hybridized carbons (Fsp3) is 0.474. The summed E-state index contributed by atoms with van der Waals surface area (Å²) in [6.45, 7) is 0. The largest absolute Gasteiger partial charge is 0.329 e. The minimum absolute atomic E-state index is 0.0153. The fourth-order valence-electron chi connectivity index (χ4n) is 3.40. The van der Waals surface area contributed by atoms with Crippen LogP contribution in [0.15, 0.2) is 46.7 Å². The van der Waals surface area contributed by atoms with Crippen LogP contribution in [0.3, 0.4) is 0 Å². The van der Waals surface area contributed by atoms with Crippen LogP contribution in [-0.2, 0) is 21.9 Å². The summed E-state index contributed by atoms with van der Waals surface area (Å²) in [6.07, 6.45) is 8.49. The van der Waals surface area contributed by atoms with E-state index in [0.29, 0.717) is 5.69 Å². The first-order chi connectivity index (χ1) is 13.4. The number of rotatable bonds is 7. The first-order valence-electron chi connectivity index (χ1n) is 9.36. The van der Waals surface area contributed by atoms with Crippen molar-refractivity contribution in [3.63, 3.8) is 0 Å². The van der Waals surface area contributed by atoms with Crippen LogP contribution in [0.1, 0.15) is 32.1 Å². The maximum absolute atomic E-state index is 13.2.